The van der Waals surface area contributed by atoms with Crippen molar-refractivity contribution in [3.05, 3.63) is 129 Å². The minimum atomic E-state index is -5.11. The van der Waals surface area contributed by atoms with Gasteiger partial charge in [-0.15, -0.1) is 0 Å². The maximum atomic E-state index is 13.6. The van der Waals surface area contributed by atoms with E-state index >= 15 is 0 Å². The normalized spacial score (nSPS) is 21.0. The van der Waals surface area contributed by atoms with Crippen LogP contribution in [0.4, 0.5) is 35.1 Å². The lowest BCUT2D eigenvalue weighted by molar-refractivity contribution is -0.264. The van der Waals surface area contributed by atoms with Crippen LogP contribution < -0.4 is 4.74 Å². The molecular weight excluding hydrogens is 801 g/mol. The van der Waals surface area contributed by atoms with Crippen molar-refractivity contribution in [3.8, 4) is 11.5 Å². The number of hydrogen-bond acceptors (Lipinski definition) is 3. The molecule has 61 heavy (non-hydrogen) atoms. The lowest BCUT2D eigenvalue weighted by atomic mass is 9.78. The highest BCUT2D eigenvalue weighted by Gasteiger charge is 2.42. The molecule has 2 unspecified atom stereocenters. The minimum Gasteiger partial charge on any atom is -0.457 e. The van der Waals surface area contributed by atoms with Gasteiger partial charge in [-0.2, -0.15) is 26.3 Å². The maximum Gasteiger partial charge on any atom is 0.445 e. The lowest BCUT2D eigenvalue weighted by Crippen LogP contribution is -2.27. The molecule has 0 heterocycles. The molecule has 0 spiro atoms. The van der Waals surface area contributed by atoms with Crippen molar-refractivity contribution in [2.75, 3.05) is 13.2 Å². The fourth-order valence-electron chi connectivity index (χ4n) is 8.98. The Balaban J connectivity index is 1.25. The van der Waals surface area contributed by atoms with Crippen LogP contribution >= 0.6 is 0 Å². The fraction of sp³-hybridized carbons (Fsp3) is 0.520. The highest BCUT2D eigenvalue weighted by Crippen LogP contribution is 2.39. The molecule has 4 aromatic rings. The molecule has 0 aromatic heterocycles. The summed E-state index contributed by atoms with van der Waals surface area (Å²) in [5.41, 5.74) is 7.43. The molecule has 0 radical (unpaired) electrons. The Morgan fingerprint density at radius 2 is 0.836 bits per heavy atom. The second-order valence-corrected chi connectivity index (χ2v) is 17.0. The largest absolute Gasteiger partial charge is 0.457 e. The van der Waals surface area contributed by atoms with Crippen LogP contribution in [0.1, 0.15) is 134 Å². The van der Waals surface area contributed by atoms with Crippen LogP contribution in [0.25, 0.3) is 0 Å². The van der Waals surface area contributed by atoms with Gasteiger partial charge < -0.3 is 14.2 Å². The molecule has 6 rings (SSSR count). The van der Waals surface area contributed by atoms with Crippen LogP contribution in [-0.4, -0.2) is 38.3 Å². The SMILES string of the molecule is CCC1CCC(c2ccc(Cc3cc(CCOC(F)C(F)(F)F)ccc3Oc3ccc(CCOC(F)C(F)(F)F)cc3Cc3ccc(C4CCC(CC)CC4)cc3)cc2)CC1. The van der Waals surface area contributed by atoms with Crippen molar-refractivity contribution < 1.29 is 49.3 Å². The minimum absolute atomic E-state index is 0.0370. The molecule has 332 valence electrons. The predicted molar refractivity (Wildman–Crippen MR) is 223 cm³/mol. The van der Waals surface area contributed by atoms with Gasteiger partial charge in [0, 0.05) is 12.8 Å². The third-order valence-corrected chi connectivity index (χ3v) is 12.8. The van der Waals surface area contributed by atoms with Crippen molar-refractivity contribution in [3.63, 3.8) is 0 Å². The second kappa shape index (κ2) is 21.4. The highest BCUT2D eigenvalue weighted by atomic mass is 19.4. The van der Waals surface area contributed by atoms with Crippen LogP contribution in [-0.2, 0) is 35.2 Å². The monoisotopic (exact) mass is 858 g/mol. The summed E-state index contributed by atoms with van der Waals surface area (Å²) in [5, 5.41) is 0. The van der Waals surface area contributed by atoms with Gasteiger partial charge in [0.15, 0.2) is 0 Å². The average Bonchev–Trinajstić information content (AvgIpc) is 3.25. The Morgan fingerprint density at radius 1 is 0.492 bits per heavy atom. The summed E-state index contributed by atoms with van der Waals surface area (Å²) in [4.78, 5) is 0. The Morgan fingerprint density at radius 3 is 1.16 bits per heavy atom. The van der Waals surface area contributed by atoms with E-state index in [9.17, 15) is 35.1 Å². The number of hydrogen-bond donors (Lipinski definition) is 0. The molecule has 0 bridgehead atoms. The number of halogens is 8. The van der Waals surface area contributed by atoms with Crippen LogP contribution in [0.3, 0.4) is 0 Å². The summed E-state index contributed by atoms with van der Waals surface area (Å²) in [6.45, 7) is 3.54. The maximum absolute atomic E-state index is 13.6. The van der Waals surface area contributed by atoms with E-state index < -0.39 is 38.3 Å². The number of rotatable bonds is 18. The van der Waals surface area contributed by atoms with E-state index in [0.29, 0.717) is 47.3 Å². The summed E-state index contributed by atoms with van der Waals surface area (Å²) < 4.78 is 119. The summed E-state index contributed by atoms with van der Waals surface area (Å²) in [7, 11) is 0. The molecule has 3 nitrogen and oxygen atoms in total. The molecule has 2 fully saturated rings. The number of alkyl halides is 8. The fourth-order valence-corrected chi connectivity index (χ4v) is 8.98. The summed E-state index contributed by atoms with van der Waals surface area (Å²) in [5.74, 6) is 3.62. The first-order chi connectivity index (χ1) is 29.2. The first-order valence-electron chi connectivity index (χ1n) is 21.9. The molecular formula is C50H58F8O3. The van der Waals surface area contributed by atoms with E-state index in [2.05, 4.69) is 71.9 Å². The first-order valence-corrected chi connectivity index (χ1v) is 21.9. The van der Waals surface area contributed by atoms with E-state index in [0.717, 1.165) is 59.8 Å². The second-order valence-electron chi connectivity index (χ2n) is 17.0. The van der Waals surface area contributed by atoms with Gasteiger partial charge in [-0.05, 0) is 145 Å². The Kier molecular flexibility index (Phi) is 16.3. The van der Waals surface area contributed by atoms with E-state index in [-0.39, 0.29) is 12.8 Å². The van der Waals surface area contributed by atoms with Gasteiger partial charge in [-0.3, -0.25) is 0 Å². The molecule has 11 heteroatoms. The molecule has 2 saturated carbocycles. The zero-order valence-corrected chi connectivity index (χ0v) is 35.1. The van der Waals surface area contributed by atoms with Crippen molar-refractivity contribution >= 4 is 0 Å². The predicted octanol–water partition coefficient (Wildman–Crippen LogP) is 14.9. The summed E-state index contributed by atoms with van der Waals surface area (Å²) in [6.07, 6.45) is -4.05. The van der Waals surface area contributed by atoms with Gasteiger partial charge in [0.05, 0.1) is 13.2 Å². The molecule has 0 N–H and O–H groups in total. The van der Waals surface area contributed by atoms with E-state index in [1.165, 1.54) is 49.7 Å². The van der Waals surface area contributed by atoms with Crippen LogP contribution in [0, 0.1) is 11.8 Å². The molecule has 4 aromatic carbocycles. The van der Waals surface area contributed by atoms with Crippen molar-refractivity contribution in [1.29, 1.82) is 0 Å². The van der Waals surface area contributed by atoms with Crippen LogP contribution in [0.15, 0.2) is 84.9 Å². The smallest absolute Gasteiger partial charge is 0.445 e. The summed E-state index contributed by atoms with van der Waals surface area (Å²) >= 11 is 0. The molecule has 2 atom stereocenters. The lowest BCUT2D eigenvalue weighted by Gasteiger charge is -2.28. The Hall–Kier alpha value is -3.96. The highest BCUT2D eigenvalue weighted by molar-refractivity contribution is 5.48. The number of ether oxygens (including phenoxy) is 3. The standard InChI is InChI=1S/C50H58F8O3/c1-3-33-5-15-39(16-6-33)41-19-9-35(10-20-41)29-43-31-37(25-27-59-47(51)49(53,54)55)13-23-45(43)61-46-24-14-38(26-28-60-48(52)50(56,57)58)32-44(46)30-36-11-21-42(22-12-36)40-17-7-34(4-2)8-18-40/h9-14,19-24,31-34,39-40,47-48H,3-8,15-18,25-30H2,1-2H3. The third-order valence-electron chi connectivity index (χ3n) is 12.8. The van der Waals surface area contributed by atoms with Gasteiger partial charge in [-0.25, -0.2) is 8.78 Å². The Bertz CT molecular complexity index is 1800. The Labute approximate surface area is 355 Å². The van der Waals surface area contributed by atoms with Gasteiger partial charge in [0.2, 0.25) is 0 Å². The van der Waals surface area contributed by atoms with Gasteiger partial charge >= 0.3 is 12.4 Å². The van der Waals surface area contributed by atoms with Crippen molar-refractivity contribution in [1.82, 2.24) is 0 Å². The van der Waals surface area contributed by atoms with Crippen LogP contribution in [0.2, 0.25) is 0 Å². The molecule has 2 aliphatic carbocycles. The quantitative estimate of drug-likeness (QED) is 0.0933. The van der Waals surface area contributed by atoms with Crippen LogP contribution in [0.5, 0.6) is 11.5 Å². The molecule has 2 aliphatic rings. The molecule has 0 saturated heterocycles. The van der Waals surface area contributed by atoms with Crippen molar-refractivity contribution in [2.45, 2.75) is 141 Å². The molecule has 0 aliphatic heterocycles. The van der Waals surface area contributed by atoms with Crippen molar-refractivity contribution in [2.24, 2.45) is 11.8 Å². The van der Waals surface area contributed by atoms with Gasteiger partial charge in [-0.1, -0.05) is 99.5 Å². The average molecular weight is 859 g/mol. The van der Waals surface area contributed by atoms with E-state index in [1.54, 1.807) is 24.3 Å². The topological polar surface area (TPSA) is 27.7 Å². The zero-order valence-electron chi connectivity index (χ0n) is 35.1. The molecule has 0 amide bonds. The van der Waals surface area contributed by atoms with Gasteiger partial charge in [0.1, 0.15) is 11.5 Å². The first kappa shape index (κ1) is 46.5. The van der Waals surface area contributed by atoms with E-state index in [4.69, 9.17) is 4.74 Å². The van der Waals surface area contributed by atoms with E-state index in [1.807, 2.05) is 12.1 Å². The van der Waals surface area contributed by atoms with Gasteiger partial charge in [0.25, 0.3) is 12.7 Å². The summed E-state index contributed by atoms with van der Waals surface area (Å²) in [6, 6.07) is 27.7. The third kappa shape index (κ3) is 13.5. The number of benzene rings is 4. The zero-order chi connectivity index (χ0) is 43.6.